The first-order chi connectivity index (χ1) is 6.58. The lowest BCUT2D eigenvalue weighted by Gasteiger charge is -2.02. The van der Waals surface area contributed by atoms with E-state index in [1.165, 1.54) is 10.6 Å². The lowest BCUT2D eigenvalue weighted by Crippen LogP contribution is -2.16. The molecule has 2 heterocycles. The summed E-state index contributed by atoms with van der Waals surface area (Å²) in [6.45, 7) is 3.99. The van der Waals surface area contributed by atoms with Crippen molar-refractivity contribution in [2.24, 2.45) is 0 Å². The maximum Gasteiger partial charge on any atom is 0.272 e. The number of nitrogen functional groups attached to an aromatic ring is 1. The highest BCUT2D eigenvalue weighted by molar-refractivity contribution is 5.48. The molecule has 0 bridgehead atoms. The van der Waals surface area contributed by atoms with Gasteiger partial charge >= 0.3 is 0 Å². The van der Waals surface area contributed by atoms with Crippen molar-refractivity contribution in [1.29, 1.82) is 0 Å². The molecular formula is C9H12N4O. The van der Waals surface area contributed by atoms with Crippen LogP contribution in [0, 0.1) is 0 Å². The van der Waals surface area contributed by atoms with Gasteiger partial charge < -0.3 is 5.73 Å². The van der Waals surface area contributed by atoms with Gasteiger partial charge in [-0.2, -0.15) is 4.52 Å². The molecule has 0 fully saturated rings. The fourth-order valence-electron chi connectivity index (χ4n) is 1.32. The smallest absolute Gasteiger partial charge is 0.272 e. The number of anilines is 1. The van der Waals surface area contributed by atoms with E-state index in [1.54, 1.807) is 6.07 Å². The van der Waals surface area contributed by atoms with Crippen molar-refractivity contribution in [3.63, 3.8) is 0 Å². The molecule has 0 spiro atoms. The van der Waals surface area contributed by atoms with E-state index in [0.29, 0.717) is 11.5 Å². The highest BCUT2D eigenvalue weighted by atomic mass is 16.1. The highest BCUT2D eigenvalue weighted by Gasteiger charge is 2.06. The third-order valence-electron chi connectivity index (χ3n) is 2.08. The normalized spacial score (nSPS) is 11.4. The number of H-pyrrole nitrogens is 1. The Bertz CT molecular complexity index is 523. The third kappa shape index (κ3) is 1.26. The summed E-state index contributed by atoms with van der Waals surface area (Å²) in [5, 5.41) is 2.71. The van der Waals surface area contributed by atoms with Crippen molar-refractivity contribution in [2.75, 3.05) is 5.73 Å². The van der Waals surface area contributed by atoms with Crippen molar-refractivity contribution in [2.45, 2.75) is 19.8 Å². The van der Waals surface area contributed by atoms with Crippen molar-refractivity contribution in [3.8, 4) is 0 Å². The van der Waals surface area contributed by atoms with Gasteiger partial charge in [0, 0.05) is 12.1 Å². The molecule has 74 valence electrons. The number of aromatic amines is 1. The second kappa shape index (κ2) is 2.87. The van der Waals surface area contributed by atoms with Gasteiger partial charge in [-0.05, 0) is 5.92 Å². The molecule has 0 aromatic carbocycles. The Hall–Kier alpha value is -1.78. The zero-order valence-corrected chi connectivity index (χ0v) is 8.11. The Morgan fingerprint density at radius 2 is 2.21 bits per heavy atom. The number of hydrogen-bond donors (Lipinski definition) is 2. The molecule has 14 heavy (non-hydrogen) atoms. The van der Waals surface area contributed by atoms with E-state index in [9.17, 15) is 4.79 Å². The van der Waals surface area contributed by atoms with Crippen LogP contribution in [0.2, 0.25) is 0 Å². The molecule has 2 aromatic rings. The molecule has 2 rings (SSSR count). The van der Waals surface area contributed by atoms with Gasteiger partial charge in [-0.1, -0.05) is 13.8 Å². The summed E-state index contributed by atoms with van der Waals surface area (Å²) in [7, 11) is 0. The molecule has 5 heteroatoms. The summed E-state index contributed by atoms with van der Waals surface area (Å²) in [6.07, 6.45) is 0. The number of nitrogens with two attached hydrogens (primary N) is 1. The first-order valence-electron chi connectivity index (χ1n) is 4.46. The summed E-state index contributed by atoms with van der Waals surface area (Å²) in [5.74, 6) is 0.680. The Labute approximate surface area is 80.6 Å². The van der Waals surface area contributed by atoms with Gasteiger partial charge in [-0.3, -0.25) is 9.89 Å². The molecule has 0 aliphatic carbocycles. The number of hydrogen-bond acceptors (Lipinski definition) is 3. The molecule has 0 saturated heterocycles. The third-order valence-corrected chi connectivity index (χ3v) is 2.08. The molecule has 0 atom stereocenters. The van der Waals surface area contributed by atoms with Crippen LogP contribution < -0.4 is 11.3 Å². The van der Waals surface area contributed by atoms with Crippen molar-refractivity contribution in [3.05, 3.63) is 28.2 Å². The molecule has 0 aliphatic heterocycles. The second-order valence-corrected chi connectivity index (χ2v) is 3.58. The van der Waals surface area contributed by atoms with Gasteiger partial charge in [0.25, 0.3) is 5.56 Å². The minimum absolute atomic E-state index is 0.129. The molecule has 2 aromatic heterocycles. The maximum absolute atomic E-state index is 11.6. The minimum Gasteiger partial charge on any atom is -0.384 e. The van der Waals surface area contributed by atoms with E-state index in [2.05, 4.69) is 10.1 Å². The Morgan fingerprint density at radius 1 is 1.50 bits per heavy atom. The van der Waals surface area contributed by atoms with Crippen LogP contribution in [-0.4, -0.2) is 14.6 Å². The molecular weight excluding hydrogens is 180 g/mol. The summed E-state index contributed by atoms with van der Waals surface area (Å²) in [6, 6.07) is 3.17. The zero-order valence-electron chi connectivity index (χ0n) is 8.11. The molecule has 3 N–H and O–H groups in total. The topological polar surface area (TPSA) is 76.2 Å². The van der Waals surface area contributed by atoms with Crippen LogP contribution in [0.3, 0.4) is 0 Å². The standard InChI is InChI=1S/C9H12N4O/c1-5(2)6-3-9(14)13-8(11-6)4-7(10)12-13/h3-5,12H,10H2,1-2H3. The molecule has 0 unspecified atom stereocenters. The Kier molecular flexibility index (Phi) is 1.80. The van der Waals surface area contributed by atoms with Crippen molar-refractivity contribution in [1.82, 2.24) is 14.6 Å². The van der Waals surface area contributed by atoms with E-state index >= 15 is 0 Å². The van der Waals surface area contributed by atoms with Gasteiger partial charge in [0.15, 0.2) is 5.65 Å². The second-order valence-electron chi connectivity index (χ2n) is 3.58. The number of rotatable bonds is 1. The van der Waals surface area contributed by atoms with Crippen LogP contribution in [-0.2, 0) is 0 Å². The first-order valence-corrected chi connectivity index (χ1v) is 4.46. The van der Waals surface area contributed by atoms with Crippen LogP contribution in [0.1, 0.15) is 25.5 Å². The van der Waals surface area contributed by atoms with Crippen LogP contribution in [0.25, 0.3) is 5.65 Å². The fraction of sp³-hybridized carbons (Fsp3) is 0.333. The maximum atomic E-state index is 11.6. The van der Waals surface area contributed by atoms with Crippen LogP contribution in [0.4, 0.5) is 5.82 Å². The van der Waals surface area contributed by atoms with E-state index in [0.717, 1.165) is 5.69 Å². The van der Waals surface area contributed by atoms with Crippen LogP contribution in [0.5, 0.6) is 0 Å². The zero-order chi connectivity index (χ0) is 10.3. The molecule has 0 aliphatic rings. The highest BCUT2D eigenvalue weighted by Crippen LogP contribution is 2.11. The minimum atomic E-state index is -0.129. The summed E-state index contributed by atoms with van der Waals surface area (Å²) >= 11 is 0. The first kappa shape index (κ1) is 8.80. The molecule has 5 nitrogen and oxygen atoms in total. The van der Waals surface area contributed by atoms with Gasteiger partial charge in [0.05, 0.1) is 5.69 Å². The van der Waals surface area contributed by atoms with E-state index in [-0.39, 0.29) is 11.5 Å². The average Bonchev–Trinajstić information content (AvgIpc) is 2.45. The average molecular weight is 192 g/mol. The summed E-state index contributed by atoms with van der Waals surface area (Å²) in [5.41, 5.74) is 6.76. The van der Waals surface area contributed by atoms with Crippen LogP contribution >= 0.6 is 0 Å². The molecule has 0 radical (unpaired) electrons. The summed E-state index contributed by atoms with van der Waals surface area (Å²) in [4.78, 5) is 15.9. The van der Waals surface area contributed by atoms with E-state index in [1.807, 2.05) is 13.8 Å². The van der Waals surface area contributed by atoms with Gasteiger partial charge in [0.2, 0.25) is 0 Å². The molecule has 0 saturated carbocycles. The quantitative estimate of drug-likeness (QED) is 0.699. The Balaban J connectivity index is 2.78. The predicted molar refractivity (Wildman–Crippen MR) is 54.3 cm³/mol. The van der Waals surface area contributed by atoms with E-state index < -0.39 is 0 Å². The van der Waals surface area contributed by atoms with Crippen molar-refractivity contribution < 1.29 is 0 Å². The van der Waals surface area contributed by atoms with Crippen LogP contribution in [0.15, 0.2) is 16.9 Å². The van der Waals surface area contributed by atoms with Gasteiger partial charge in [0.1, 0.15) is 5.82 Å². The monoisotopic (exact) mass is 192 g/mol. The number of fused-ring (bicyclic) bond motifs is 1. The predicted octanol–water partition coefficient (Wildman–Crippen LogP) is 0.728. The fourth-order valence-corrected chi connectivity index (χ4v) is 1.32. The Morgan fingerprint density at radius 3 is 2.86 bits per heavy atom. The summed E-state index contributed by atoms with van der Waals surface area (Å²) < 4.78 is 1.33. The largest absolute Gasteiger partial charge is 0.384 e. The van der Waals surface area contributed by atoms with Crippen molar-refractivity contribution >= 4 is 11.5 Å². The lowest BCUT2D eigenvalue weighted by molar-refractivity contribution is 0.798. The van der Waals surface area contributed by atoms with Gasteiger partial charge in [-0.25, -0.2) is 4.98 Å². The number of aromatic nitrogens is 3. The SMILES string of the molecule is CC(C)c1cc(=O)n2[nH]c(N)cc2n1. The van der Waals surface area contributed by atoms with E-state index in [4.69, 9.17) is 5.73 Å². The van der Waals surface area contributed by atoms with Gasteiger partial charge in [-0.15, -0.1) is 0 Å². The lowest BCUT2D eigenvalue weighted by atomic mass is 10.1. The number of nitrogens with zero attached hydrogens (tertiary/aromatic N) is 2. The number of nitrogens with one attached hydrogen (secondary N) is 1. The molecule has 0 amide bonds.